The molecule has 0 atom stereocenters. The van der Waals surface area contributed by atoms with Crippen molar-refractivity contribution < 1.29 is 57.2 Å². The van der Waals surface area contributed by atoms with Crippen molar-refractivity contribution in [3.8, 4) is 11.5 Å². The van der Waals surface area contributed by atoms with Gasteiger partial charge in [0.1, 0.15) is 11.5 Å². The van der Waals surface area contributed by atoms with Crippen LogP contribution in [-0.2, 0) is 10.1 Å². The van der Waals surface area contributed by atoms with E-state index in [-0.39, 0.29) is 0 Å². The van der Waals surface area contributed by atoms with Gasteiger partial charge in [-0.2, -0.15) is 47.9 Å². The Hall–Kier alpha value is -1.86. The van der Waals surface area contributed by atoms with Crippen LogP contribution >= 0.6 is 0 Å². The standard InChI is InChI=1S/C10H5F9O4S/c11-7(12,9(15,16)17)8(13,14)10(18,19)24(21,22)23-6-3-1-5(20)2-4-6/h1-4,20H. The topological polar surface area (TPSA) is 63.6 Å². The third kappa shape index (κ3) is 3.06. The predicted octanol–water partition coefficient (Wildman–Crippen LogP) is 3.53. The van der Waals surface area contributed by atoms with Crippen molar-refractivity contribution in [3.63, 3.8) is 0 Å². The highest BCUT2D eigenvalue weighted by Gasteiger charge is 2.86. The number of aromatic hydroxyl groups is 1. The van der Waals surface area contributed by atoms with Crippen molar-refractivity contribution in [3.05, 3.63) is 24.3 Å². The summed E-state index contributed by atoms with van der Waals surface area (Å²) in [6.07, 6.45) is -7.16. The van der Waals surface area contributed by atoms with Crippen LogP contribution in [0.4, 0.5) is 39.5 Å². The highest BCUT2D eigenvalue weighted by Crippen LogP contribution is 2.54. The lowest BCUT2D eigenvalue weighted by Gasteiger charge is -2.32. The molecule has 0 aliphatic rings. The minimum absolute atomic E-state index is 0.461. The number of phenolic OH excluding ortho intramolecular Hbond substituents is 1. The molecule has 0 aliphatic heterocycles. The molecule has 1 rings (SSSR count). The fourth-order valence-corrected chi connectivity index (χ4v) is 2.11. The molecule has 1 N–H and O–H groups in total. The van der Waals surface area contributed by atoms with Gasteiger partial charge in [-0.25, -0.2) is 0 Å². The summed E-state index contributed by atoms with van der Waals surface area (Å²) in [5, 5.41) is 1.91. The van der Waals surface area contributed by atoms with Gasteiger partial charge in [0.15, 0.2) is 0 Å². The van der Waals surface area contributed by atoms with Gasteiger partial charge in [-0.05, 0) is 24.3 Å². The molecule has 1 aromatic carbocycles. The van der Waals surface area contributed by atoms with E-state index < -0.39 is 44.9 Å². The van der Waals surface area contributed by atoms with Gasteiger partial charge in [0, 0.05) is 0 Å². The van der Waals surface area contributed by atoms with Crippen molar-refractivity contribution in [2.45, 2.75) is 23.3 Å². The molecule has 0 fully saturated rings. The Kier molecular flexibility index (Phi) is 4.71. The second-order valence-corrected chi connectivity index (χ2v) is 5.78. The van der Waals surface area contributed by atoms with E-state index in [1.165, 1.54) is 0 Å². The summed E-state index contributed by atoms with van der Waals surface area (Å²) in [6.45, 7) is 0. The average Bonchev–Trinajstić information content (AvgIpc) is 2.39. The molecular weight excluding hydrogens is 387 g/mol. The molecule has 0 amide bonds. The van der Waals surface area contributed by atoms with Gasteiger partial charge in [-0.15, -0.1) is 0 Å². The summed E-state index contributed by atoms with van der Waals surface area (Å²) < 4.78 is 139. The van der Waals surface area contributed by atoms with Gasteiger partial charge in [0.05, 0.1) is 0 Å². The Morgan fingerprint density at radius 3 is 1.58 bits per heavy atom. The minimum atomic E-state index is -7.37. The lowest BCUT2D eigenvalue weighted by atomic mass is 10.1. The first-order valence-electron chi connectivity index (χ1n) is 5.40. The molecule has 0 bridgehead atoms. The van der Waals surface area contributed by atoms with Crippen LogP contribution in [0.2, 0.25) is 0 Å². The lowest BCUT2D eigenvalue weighted by molar-refractivity contribution is -0.382. The maximum absolute atomic E-state index is 13.3. The zero-order valence-corrected chi connectivity index (χ0v) is 11.6. The predicted molar refractivity (Wildman–Crippen MR) is 58.6 cm³/mol. The van der Waals surface area contributed by atoms with Crippen LogP contribution in [-0.4, -0.2) is 36.8 Å². The smallest absolute Gasteiger partial charge is 0.460 e. The SMILES string of the molecule is O=S(=O)(Oc1ccc(O)cc1)C(F)(F)C(F)(F)C(F)(F)C(F)(F)F. The van der Waals surface area contributed by atoms with E-state index in [0.717, 1.165) is 0 Å². The van der Waals surface area contributed by atoms with E-state index in [1.807, 2.05) is 0 Å². The number of phenols is 1. The van der Waals surface area contributed by atoms with Gasteiger partial charge in [-0.3, -0.25) is 0 Å². The van der Waals surface area contributed by atoms with Crippen molar-refractivity contribution in [1.82, 2.24) is 0 Å². The van der Waals surface area contributed by atoms with Crippen LogP contribution < -0.4 is 4.18 Å². The van der Waals surface area contributed by atoms with Crippen molar-refractivity contribution in [1.29, 1.82) is 0 Å². The molecule has 0 saturated carbocycles. The molecule has 14 heteroatoms. The van der Waals surface area contributed by atoms with Gasteiger partial charge < -0.3 is 9.29 Å². The second kappa shape index (κ2) is 5.60. The maximum Gasteiger partial charge on any atom is 0.460 e. The third-order valence-corrected chi connectivity index (χ3v) is 3.77. The summed E-state index contributed by atoms with van der Waals surface area (Å²) in [7, 11) is -6.97. The van der Waals surface area contributed by atoms with E-state index in [0.29, 0.717) is 24.3 Å². The van der Waals surface area contributed by atoms with Crippen LogP contribution in [0, 0.1) is 0 Å². The number of halogens is 9. The lowest BCUT2D eigenvalue weighted by Crippen LogP contribution is -2.63. The van der Waals surface area contributed by atoms with E-state index in [9.17, 15) is 47.9 Å². The number of hydrogen-bond donors (Lipinski definition) is 1. The molecular formula is C10H5F9O4S. The summed E-state index contributed by atoms with van der Waals surface area (Å²) in [5.74, 6) is -16.4. The zero-order chi connectivity index (χ0) is 19.2. The molecule has 0 unspecified atom stereocenters. The molecule has 0 heterocycles. The molecule has 0 radical (unpaired) electrons. The maximum atomic E-state index is 13.3. The van der Waals surface area contributed by atoms with Gasteiger partial charge in [0.25, 0.3) is 0 Å². The van der Waals surface area contributed by atoms with E-state index >= 15 is 0 Å². The monoisotopic (exact) mass is 392 g/mol. The first-order chi connectivity index (χ1) is 10.5. The van der Waals surface area contributed by atoms with E-state index in [2.05, 4.69) is 4.18 Å². The van der Waals surface area contributed by atoms with Gasteiger partial charge in [0.2, 0.25) is 0 Å². The van der Waals surface area contributed by atoms with Crippen LogP contribution in [0.15, 0.2) is 24.3 Å². The Morgan fingerprint density at radius 2 is 1.21 bits per heavy atom. The Bertz CT molecular complexity index is 694. The number of benzene rings is 1. The van der Waals surface area contributed by atoms with Crippen molar-refractivity contribution in [2.75, 3.05) is 0 Å². The van der Waals surface area contributed by atoms with Crippen molar-refractivity contribution in [2.24, 2.45) is 0 Å². The molecule has 1 aromatic rings. The summed E-state index contributed by atoms with van der Waals surface area (Å²) in [4.78, 5) is 0. The zero-order valence-electron chi connectivity index (χ0n) is 10.8. The highest BCUT2D eigenvalue weighted by atomic mass is 32.2. The molecule has 0 saturated heterocycles. The van der Waals surface area contributed by atoms with E-state index in [1.54, 1.807) is 0 Å². The summed E-state index contributed by atoms with van der Waals surface area (Å²) in [6, 6.07) is 2.21. The van der Waals surface area contributed by atoms with Crippen LogP contribution in [0.25, 0.3) is 0 Å². The fraction of sp³-hybridized carbons (Fsp3) is 0.400. The fourth-order valence-electron chi connectivity index (χ4n) is 1.20. The Labute approximate surface area is 127 Å². The van der Waals surface area contributed by atoms with Gasteiger partial charge >= 0.3 is 33.4 Å². The van der Waals surface area contributed by atoms with Crippen LogP contribution in [0.5, 0.6) is 11.5 Å². The molecule has 0 spiro atoms. The number of hydrogen-bond acceptors (Lipinski definition) is 4. The average molecular weight is 392 g/mol. The third-order valence-electron chi connectivity index (χ3n) is 2.47. The molecule has 4 nitrogen and oxygen atoms in total. The second-order valence-electron chi connectivity index (χ2n) is 4.19. The molecule has 138 valence electrons. The summed E-state index contributed by atoms with van der Waals surface area (Å²) in [5.41, 5.74) is 0. The van der Waals surface area contributed by atoms with Crippen molar-refractivity contribution >= 4 is 10.1 Å². The van der Waals surface area contributed by atoms with E-state index in [4.69, 9.17) is 5.11 Å². The number of rotatable bonds is 5. The molecule has 0 aromatic heterocycles. The molecule has 0 aliphatic carbocycles. The first-order valence-corrected chi connectivity index (χ1v) is 6.81. The highest BCUT2D eigenvalue weighted by molar-refractivity contribution is 7.88. The normalized spacial score (nSPS) is 14.5. The molecule has 24 heavy (non-hydrogen) atoms. The largest absolute Gasteiger partial charge is 0.508 e. The quantitative estimate of drug-likeness (QED) is 0.615. The van der Waals surface area contributed by atoms with Gasteiger partial charge in [-0.1, -0.05) is 0 Å². The van der Waals surface area contributed by atoms with Crippen LogP contribution in [0.1, 0.15) is 0 Å². The minimum Gasteiger partial charge on any atom is -0.508 e. The van der Waals surface area contributed by atoms with Crippen LogP contribution in [0.3, 0.4) is 0 Å². The first kappa shape index (κ1) is 20.2. The number of alkyl halides is 9. The summed E-state index contributed by atoms with van der Waals surface area (Å²) >= 11 is 0. The Morgan fingerprint density at radius 1 is 0.792 bits per heavy atom. The Balaban J connectivity index is 3.32.